The summed E-state index contributed by atoms with van der Waals surface area (Å²) in [5, 5.41) is 7.95. The van der Waals surface area contributed by atoms with Crippen LogP contribution in [-0.2, 0) is 6.42 Å². The van der Waals surface area contributed by atoms with Crippen LogP contribution in [0.2, 0.25) is 0 Å². The van der Waals surface area contributed by atoms with Crippen molar-refractivity contribution in [3.05, 3.63) is 39.0 Å². The van der Waals surface area contributed by atoms with Gasteiger partial charge >= 0.3 is 0 Å². The number of thiophene rings is 1. The van der Waals surface area contributed by atoms with E-state index in [4.69, 9.17) is 0 Å². The van der Waals surface area contributed by atoms with Crippen molar-refractivity contribution < 1.29 is 0 Å². The zero-order valence-electron chi connectivity index (χ0n) is 9.51. The first-order valence-electron chi connectivity index (χ1n) is 5.41. The molecular weight excluding hydrogens is 236 g/mol. The molecule has 2 rings (SSSR count). The molecule has 0 aliphatic rings. The van der Waals surface area contributed by atoms with Gasteiger partial charge in [-0.1, -0.05) is 0 Å². The molecule has 0 saturated heterocycles. The highest BCUT2D eigenvalue weighted by Crippen LogP contribution is 2.18. The van der Waals surface area contributed by atoms with E-state index in [9.17, 15) is 0 Å². The van der Waals surface area contributed by atoms with Crippen LogP contribution in [0.25, 0.3) is 0 Å². The average molecular weight is 252 g/mol. The Morgan fingerprint density at radius 1 is 1.44 bits per heavy atom. The van der Waals surface area contributed by atoms with E-state index >= 15 is 0 Å². The van der Waals surface area contributed by atoms with Crippen LogP contribution < -0.4 is 5.32 Å². The molecule has 16 heavy (non-hydrogen) atoms. The lowest BCUT2D eigenvalue weighted by atomic mass is 10.1. The van der Waals surface area contributed by atoms with Gasteiger partial charge in [-0.2, -0.15) is 11.3 Å². The van der Waals surface area contributed by atoms with Gasteiger partial charge < -0.3 is 5.32 Å². The van der Waals surface area contributed by atoms with E-state index in [1.807, 2.05) is 11.7 Å². The van der Waals surface area contributed by atoms with Crippen molar-refractivity contribution in [1.29, 1.82) is 0 Å². The number of aromatic nitrogens is 1. The third-order valence-electron chi connectivity index (χ3n) is 2.53. The van der Waals surface area contributed by atoms with Gasteiger partial charge in [-0.15, -0.1) is 11.3 Å². The summed E-state index contributed by atoms with van der Waals surface area (Å²) in [6.45, 7) is 4.42. The molecule has 0 fully saturated rings. The summed E-state index contributed by atoms with van der Waals surface area (Å²) < 4.78 is 0. The SMILES string of the molecule is CC(Cc1ccsc1)NC(C)c1cncs1. The number of nitrogens with zero attached hydrogens (tertiary/aromatic N) is 1. The van der Waals surface area contributed by atoms with Crippen molar-refractivity contribution in [2.75, 3.05) is 0 Å². The van der Waals surface area contributed by atoms with E-state index < -0.39 is 0 Å². The lowest BCUT2D eigenvalue weighted by molar-refractivity contribution is 0.482. The lowest BCUT2D eigenvalue weighted by Gasteiger charge is -2.18. The Kier molecular flexibility index (Phi) is 4.09. The van der Waals surface area contributed by atoms with Crippen molar-refractivity contribution >= 4 is 22.7 Å². The van der Waals surface area contributed by atoms with E-state index in [0.717, 1.165) is 6.42 Å². The first-order chi connectivity index (χ1) is 7.75. The molecular formula is C12H16N2S2. The Hall–Kier alpha value is -0.710. The molecule has 2 aromatic heterocycles. The van der Waals surface area contributed by atoms with Gasteiger partial charge in [0.1, 0.15) is 0 Å². The van der Waals surface area contributed by atoms with Crippen LogP contribution >= 0.6 is 22.7 Å². The van der Waals surface area contributed by atoms with E-state index in [1.165, 1.54) is 10.4 Å². The maximum atomic E-state index is 4.11. The molecule has 0 saturated carbocycles. The maximum Gasteiger partial charge on any atom is 0.0794 e. The molecule has 0 spiro atoms. The monoisotopic (exact) mass is 252 g/mol. The van der Waals surface area contributed by atoms with Crippen LogP contribution in [0.5, 0.6) is 0 Å². The number of hydrogen-bond acceptors (Lipinski definition) is 4. The second kappa shape index (κ2) is 5.57. The van der Waals surface area contributed by atoms with Gasteiger partial charge in [-0.3, -0.25) is 4.98 Å². The highest BCUT2D eigenvalue weighted by atomic mass is 32.1. The number of thiazole rings is 1. The molecule has 2 aromatic rings. The predicted molar refractivity (Wildman–Crippen MR) is 71.1 cm³/mol. The molecule has 0 aliphatic heterocycles. The molecule has 0 radical (unpaired) electrons. The van der Waals surface area contributed by atoms with E-state index in [-0.39, 0.29) is 0 Å². The molecule has 0 amide bonds. The first kappa shape index (κ1) is 11.8. The molecule has 4 heteroatoms. The van der Waals surface area contributed by atoms with Crippen molar-refractivity contribution in [1.82, 2.24) is 10.3 Å². The van der Waals surface area contributed by atoms with Gasteiger partial charge in [-0.25, -0.2) is 0 Å². The first-order valence-corrected chi connectivity index (χ1v) is 7.23. The Bertz CT molecular complexity index is 395. The normalized spacial score (nSPS) is 14.9. The minimum absolute atomic E-state index is 0.390. The summed E-state index contributed by atoms with van der Waals surface area (Å²) in [4.78, 5) is 5.41. The summed E-state index contributed by atoms with van der Waals surface area (Å²) in [7, 11) is 0. The summed E-state index contributed by atoms with van der Waals surface area (Å²) in [6.07, 6.45) is 3.03. The summed E-state index contributed by atoms with van der Waals surface area (Å²) in [5.74, 6) is 0. The fourth-order valence-electron chi connectivity index (χ4n) is 1.77. The topological polar surface area (TPSA) is 24.9 Å². The van der Waals surface area contributed by atoms with Crippen LogP contribution in [0, 0.1) is 0 Å². The molecule has 2 atom stereocenters. The standard InChI is InChI=1S/C12H16N2S2/c1-9(5-11-3-4-15-7-11)14-10(2)12-6-13-8-16-12/h3-4,6-10,14H,5H2,1-2H3. The van der Waals surface area contributed by atoms with Crippen molar-refractivity contribution in [2.24, 2.45) is 0 Å². The fourth-order valence-corrected chi connectivity index (χ4v) is 3.09. The molecule has 2 heterocycles. The third kappa shape index (κ3) is 3.14. The molecule has 0 aromatic carbocycles. The van der Waals surface area contributed by atoms with Crippen LogP contribution in [0.1, 0.15) is 30.3 Å². The molecule has 2 unspecified atom stereocenters. The van der Waals surface area contributed by atoms with Crippen LogP contribution in [-0.4, -0.2) is 11.0 Å². The predicted octanol–water partition coefficient (Wildman–Crippen LogP) is 3.49. The average Bonchev–Trinajstić information content (AvgIpc) is 2.88. The molecule has 0 bridgehead atoms. The highest BCUT2D eigenvalue weighted by molar-refractivity contribution is 7.09. The summed E-state index contributed by atoms with van der Waals surface area (Å²) in [6, 6.07) is 3.08. The van der Waals surface area contributed by atoms with Gasteiger partial charge in [0.05, 0.1) is 5.51 Å². The second-order valence-corrected chi connectivity index (χ2v) is 5.73. The molecule has 86 valence electrons. The number of rotatable bonds is 5. The number of hydrogen-bond donors (Lipinski definition) is 1. The Morgan fingerprint density at radius 2 is 2.31 bits per heavy atom. The quantitative estimate of drug-likeness (QED) is 0.881. The smallest absolute Gasteiger partial charge is 0.0794 e. The molecule has 1 N–H and O–H groups in total. The van der Waals surface area contributed by atoms with Gasteiger partial charge in [0.15, 0.2) is 0 Å². The maximum absolute atomic E-state index is 4.11. The van der Waals surface area contributed by atoms with E-state index in [2.05, 4.69) is 41.0 Å². The Balaban J connectivity index is 1.85. The largest absolute Gasteiger partial charge is 0.307 e. The highest BCUT2D eigenvalue weighted by Gasteiger charge is 2.11. The van der Waals surface area contributed by atoms with Gasteiger partial charge in [0.2, 0.25) is 0 Å². The van der Waals surface area contributed by atoms with Crippen molar-refractivity contribution in [3.8, 4) is 0 Å². The second-order valence-electron chi connectivity index (χ2n) is 4.03. The van der Waals surface area contributed by atoms with Crippen LogP contribution in [0.4, 0.5) is 0 Å². The number of nitrogens with one attached hydrogen (secondary N) is 1. The Morgan fingerprint density at radius 3 is 2.94 bits per heavy atom. The van der Waals surface area contributed by atoms with Crippen molar-refractivity contribution in [2.45, 2.75) is 32.4 Å². The Labute approximate surface area is 104 Å². The fraction of sp³-hybridized carbons (Fsp3) is 0.417. The molecule has 0 aliphatic carbocycles. The van der Waals surface area contributed by atoms with E-state index in [1.54, 1.807) is 22.7 Å². The third-order valence-corrected chi connectivity index (χ3v) is 4.23. The van der Waals surface area contributed by atoms with Gasteiger partial charge in [0.25, 0.3) is 0 Å². The minimum Gasteiger partial charge on any atom is -0.307 e. The zero-order valence-corrected chi connectivity index (χ0v) is 11.1. The summed E-state index contributed by atoms with van der Waals surface area (Å²) in [5.41, 5.74) is 3.30. The van der Waals surface area contributed by atoms with Gasteiger partial charge in [0, 0.05) is 23.2 Å². The van der Waals surface area contributed by atoms with Crippen molar-refractivity contribution in [3.63, 3.8) is 0 Å². The van der Waals surface area contributed by atoms with Crippen LogP contribution in [0.15, 0.2) is 28.5 Å². The van der Waals surface area contributed by atoms with Gasteiger partial charge in [-0.05, 0) is 42.7 Å². The molecule has 2 nitrogen and oxygen atoms in total. The zero-order chi connectivity index (χ0) is 11.4. The lowest BCUT2D eigenvalue weighted by Crippen LogP contribution is -2.30. The minimum atomic E-state index is 0.390. The van der Waals surface area contributed by atoms with Crippen LogP contribution in [0.3, 0.4) is 0 Å². The van der Waals surface area contributed by atoms with E-state index in [0.29, 0.717) is 12.1 Å². The summed E-state index contributed by atoms with van der Waals surface area (Å²) >= 11 is 3.47.